The fourth-order valence-electron chi connectivity index (χ4n) is 5.77. The van der Waals surface area contributed by atoms with Crippen molar-refractivity contribution in [2.24, 2.45) is 35.5 Å². The standard InChI is InChI=1S/C21H18N2O3/c1-9-6-17(24)22-16-7-10(2-3-11(9)16)23-20(25)18-12-4-5-13(15-8-14(12)15)19(18)21(23)26/h2-7,12-15,18-19H,8H2,1H3,(H,22,24)/t12-,13+,14+,15-,18-,19+. The number of amides is 2. The number of anilines is 1. The number of benzene rings is 1. The zero-order valence-corrected chi connectivity index (χ0v) is 14.3. The van der Waals surface area contributed by atoms with Crippen LogP contribution in [0, 0.1) is 42.4 Å². The van der Waals surface area contributed by atoms with Gasteiger partial charge < -0.3 is 4.98 Å². The molecule has 2 amide bonds. The van der Waals surface area contributed by atoms with Gasteiger partial charge in [0.25, 0.3) is 0 Å². The molecule has 130 valence electrons. The highest BCUT2D eigenvalue weighted by atomic mass is 16.2. The lowest BCUT2D eigenvalue weighted by atomic mass is 9.63. The summed E-state index contributed by atoms with van der Waals surface area (Å²) in [6, 6.07) is 7.00. The van der Waals surface area contributed by atoms with Gasteiger partial charge in [0.1, 0.15) is 0 Å². The van der Waals surface area contributed by atoms with Crippen LogP contribution in [0.15, 0.2) is 41.2 Å². The lowest BCUT2D eigenvalue weighted by molar-refractivity contribution is -0.124. The molecule has 0 radical (unpaired) electrons. The molecule has 7 rings (SSSR count). The van der Waals surface area contributed by atoms with Gasteiger partial charge >= 0.3 is 0 Å². The number of rotatable bonds is 1. The first-order valence-corrected chi connectivity index (χ1v) is 9.24. The molecular weight excluding hydrogens is 328 g/mol. The average Bonchev–Trinajstić information content (AvgIpc) is 3.38. The largest absolute Gasteiger partial charge is 0.322 e. The zero-order valence-electron chi connectivity index (χ0n) is 14.3. The summed E-state index contributed by atoms with van der Waals surface area (Å²) < 4.78 is 0. The Morgan fingerprint density at radius 3 is 2.27 bits per heavy atom. The fourth-order valence-corrected chi connectivity index (χ4v) is 5.77. The Balaban J connectivity index is 1.47. The predicted molar refractivity (Wildman–Crippen MR) is 96.5 cm³/mol. The maximum absolute atomic E-state index is 13.2. The summed E-state index contributed by atoms with van der Waals surface area (Å²) in [7, 11) is 0. The molecule has 3 fully saturated rings. The highest BCUT2D eigenvalue weighted by molar-refractivity contribution is 6.23. The van der Waals surface area contributed by atoms with Crippen LogP contribution in [0.5, 0.6) is 0 Å². The third-order valence-corrected chi connectivity index (χ3v) is 6.95. The molecule has 1 N–H and O–H groups in total. The van der Waals surface area contributed by atoms with Crippen molar-refractivity contribution in [3.05, 3.63) is 52.3 Å². The number of hydrogen-bond donors (Lipinski definition) is 1. The van der Waals surface area contributed by atoms with Crippen LogP contribution in [-0.2, 0) is 9.59 Å². The molecule has 0 spiro atoms. The van der Waals surface area contributed by atoms with Gasteiger partial charge in [-0.3, -0.25) is 14.4 Å². The second-order valence-electron chi connectivity index (χ2n) is 8.21. The number of imide groups is 1. The van der Waals surface area contributed by atoms with E-state index in [1.165, 1.54) is 4.90 Å². The van der Waals surface area contributed by atoms with E-state index in [-0.39, 0.29) is 41.0 Å². The highest BCUT2D eigenvalue weighted by Gasteiger charge is 2.67. The minimum absolute atomic E-state index is 0.0703. The lowest BCUT2D eigenvalue weighted by Crippen LogP contribution is -2.40. The molecule has 26 heavy (non-hydrogen) atoms. The van der Waals surface area contributed by atoms with Crippen molar-refractivity contribution in [1.82, 2.24) is 4.98 Å². The third-order valence-electron chi connectivity index (χ3n) is 6.95. The van der Waals surface area contributed by atoms with Crippen molar-refractivity contribution in [3.8, 4) is 0 Å². The van der Waals surface area contributed by atoms with E-state index < -0.39 is 0 Å². The van der Waals surface area contributed by atoms with Crippen LogP contribution < -0.4 is 10.5 Å². The summed E-state index contributed by atoms with van der Waals surface area (Å²) in [6.07, 6.45) is 5.51. The molecule has 2 bridgehead atoms. The molecule has 5 nitrogen and oxygen atoms in total. The maximum Gasteiger partial charge on any atom is 0.248 e. The van der Waals surface area contributed by atoms with E-state index in [9.17, 15) is 14.4 Å². The number of nitrogens with zero attached hydrogens (tertiary/aromatic N) is 1. The molecule has 5 aliphatic rings. The SMILES string of the molecule is Cc1cc(=O)[nH]c2cc(N3C(=O)[C@@H]4[C@@H]5C=C[C@@H]([C@H]6C[C@@H]56)[C@@H]4C3=O)ccc12. The molecule has 2 saturated carbocycles. The van der Waals surface area contributed by atoms with Crippen molar-refractivity contribution >= 4 is 28.4 Å². The molecule has 0 unspecified atom stereocenters. The molecule has 4 aliphatic carbocycles. The smallest absolute Gasteiger partial charge is 0.248 e. The minimum atomic E-state index is -0.200. The Hall–Kier alpha value is -2.69. The van der Waals surface area contributed by atoms with Crippen LogP contribution in [0.3, 0.4) is 0 Å². The van der Waals surface area contributed by atoms with Crippen LogP contribution >= 0.6 is 0 Å². The second kappa shape index (κ2) is 4.53. The third kappa shape index (κ3) is 1.64. The number of fused-ring (bicyclic) bond motifs is 1. The summed E-state index contributed by atoms with van der Waals surface area (Å²) in [5.41, 5.74) is 1.93. The van der Waals surface area contributed by atoms with Gasteiger partial charge in [-0.25, -0.2) is 4.90 Å². The molecule has 1 aliphatic heterocycles. The zero-order chi connectivity index (χ0) is 17.7. The van der Waals surface area contributed by atoms with Gasteiger partial charge in [0.2, 0.25) is 17.4 Å². The predicted octanol–water partition coefficient (Wildman–Crippen LogP) is 2.39. The maximum atomic E-state index is 13.2. The number of aryl methyl sites for hydroxylation is 1. The summed E-state index contributed by atoms with van der Waals surface area (Å²) in [4.78, 5) is 42.3. The van der Waals surface area contributed by atoms with Crippen molar-refractivity contribution in [3.63, 3.8) is 0 Å². The van der Waals surface area contributed by atoms with E-state index >= 15 is 0 Å². The summed E-state index contributed by atoms with van der Waals surface area (Å²) in [5, 5.41) is 0.924. The first-order chi connectivity index (χ1) is 12.5. The average molecular weight is 346 g/mol. The molecule has 1 aromatic heterocycles. The van der Waals surface area contributed by atoms with Gasteiger partial charge in [-0.15, -0.1) is 0 Å². The molecule has 1 saturated heterocycles. The minimum Gasteiger partial charge on any atom is -0.322 e. The lowest BCUT2D eigenvalue weighted by Gasteiger charge is -2.37. The Morgan fingerprint density at radius 1 is 0.962 bits per heavy atom. The molecule has 6 atom stereocenters. The summed E-state index contributed by atoms with van der Waals surface area (Å²) >= 11 is 0. The topological polar surface area (TPSA) is 70.2 Å². The Labute approximate surface area is 149 Å². The van der Waals surface area contributed by atoms with Crippen molar-refractivity contribution < 1.29 is 9.59 Å². The van der Waals surface area contributed by atoms with Gasteiger partial charge in [-0.05, 0) is 54.7 Å². The second-order valence-corrected chi connectivity index (χ2v) is 8.21. The van der Waals surface area contributed by atoms with Gasteiger partial charge in [0.05, 0.1) is 23.0 Å². The Kier molecular flexibility index (Phi) is 2.52. The molecule has 5 heteroatoms. The van der Waals surface area contributed by atoms with Crippen molar-refractivity contribution in [2.75, 3.05) is 4.90 Å². The normalized spacial score (nSPS) is 36.6. The van der Waals surface area contributed by atoms with E-state index in [2.05, 4.69) is 17.1 Å². The Bertz CT molecular complexity index is 1060. The number of H-pyrrole nitrogens is 1. The summed E-state index contributed by atoms with van der Waals surface area (Å²) in [6.45, 7) is 1.88. The van der Waals surface area contributed by atoms with E-state index in [1.807, 2.05) is 19.1 Å². The molecule has 2 heterocycles. The van der Waals surface area contributed by atoms with E-state index in [0.29, 0.717) is 23.0 Å². The van der Waals surface area contributed by atoms with Crippen molar-refractivity contribution in [1.29, 1.82) is 0 Å². The van der Waals surface area contributed by atoms with E-state index in [0.717, 1.165) is 17.4 Å². The number of aromatic nitrogens is 1. The number of allylic oxidation sites excluding steroid dienone is 2. The van der Waals surface area contributed by atoms with Crippen LogP contribution in [0.4, 0.5) is 5.69 Å². The molecule has 1 aromatic carbocycles. The van der Waals surface area contributed by atoms with E-state index in [4.69, 9.17) is 0 Å². The summed E-state index contributed by atoms with van der Waals surface area (Å²) in [5.74, 6) is 1.09. The number of carbonyl (C=O) groups excluding carboxylic acids is 2. The fraction of sp³-hybridized carbons (Fsp3) is 0.381. The van der Waals surface area contributed by atoms with Crippen LogP contribution in [-0.4, -0.2) is 16.8 Å². The number of pyridine rings is 1. The number of hydrogen-bond acceptors (Lipinski definition) is 3. The van der Waals surface area contributed by atoms with Crippen LogP contribution in [0.2, 0.25) is 0 Å². The van der Waals surface area contributed by atoms with Gasteiger partial charge in [0, 0.05) is 11.5 Å². The number of nitrogens with one attached hydrogen (secondary N) is 1. The van der Waals surface area contributed by atoms with Gasteiger partial charge in [-0.1, -0.05) is 18.2 Å². The number of carbonyl (C=O) groups is 2. The van der Waals surface area contributed by atoms with E-state index in [1.54, 1.807) is 12.1 Å². The highest BCUT2D eigenvalue weighted by Crippen LogP contribution is 2.65. The monoisotopic (exact) mass is 346 g/mol. The quantitative estimate of drug-likeness (QED) is 0.637. The van der Waals surface area contributed by atoms with Crippen molar-refractivity contribution in [2.45, 2.75) is 13.3 Å². The van der Waals surface area contributed by atoms with Crippen LogP contribution in [0.1, 0.15) is 12.0 Å². The molecule has 2 aromatic rings. The first-order valence-electron chi connectivity index (χ1n) is 9.24. The first kappa shape index (κ1) is 14.5. The number of aromatic amines is 1. The van der Waals surface area contributed by atoms with Gasteiger partial charge in [0.15, 0.2) is 0 Å². The Morgan fingerprint density at radius 2 is 1.62 bits per heavy atom. The van der Waals surface area contributed by atoms with Gasteiger partial charge in [-0.2, -0.15) is 0 Å². The molecular formula is C21H18N2O3. The van der Waals surface area contributed by atoms with Crippen LogP contribution in [0.25, 0.3) is 10.9 Å².